The predicted octanol–water partition coefficient (Wildman–Crippen LogP) is 3.78. The van der Waals surface area contributed by atoms with Gasteiger partial charge in [-0.3, -0.25) is 0 Å². The minimum Gasteiger partial charge on any atom is -0.378 e. The molecule has 0 amide bonds. The van der Waals surface area contributed by atoms with Crippen molar-refractivity contribution in [2.24, 2.45) is 0 Å². The summed E-state index contributed by atoms with van der Waals surface area (Å²) in [4.78, 5) is 0. The zero-order valence-electron chi connectivity index (χ0n) is 10.3. The molecule has 84 valence electrons. The SMILES string of the molecule is CC(C)OCCc1ccc(C(C)C)cc1. The van der Waals surface area contributed by atoms with E-state index in [0.717, 1.165) is 13.0 Å². The van der Waals surface area contributed by atoms with Crippen molar-refractivity contribution in [3.05, 3.63) is 35.4 Å². The van der Waals surface area contributed by atoms with Crippen molar-refractivity contribution in [1.82, 2.24) is 0 Å². The molecule has 0 aliphatic carbocycles. The highest BCUT2D eigenvalue weighted by Gasteiger charge is 1.99. The maximum Gasteiger partial charge on any atom is 0.0519 e. The van der Waals surface area contributed by atoms with Crippen LogP contribution in [0.15, 0.2) is 24.3 Å². The molecule has 1 rings (SSSR count). The van der Waals surface area contributed by atoms with E-state index in [1.165, 1.54) is 11.1 Å². The van der Waals surface area contributed by atoms with E-state index in [4.69, 9.17) is 4.74 Å². The number of hydrogen-bond acceptors (Lipinski definition) is 1. The van der Waals surface area contributed by atoms with Gasteiger partial charge in [0, 0.05) is 0 Å². The van der Waals surface area contributed by atoms with E-state index < -0.39 is 0 Å². The molecule has 0 radical (unpaired) electrons. The average molecular weight is 206 g/mol. The maximum absolute atomic E-state index is 5.52. The number of benzene rings is 1. The first kappa shape index (κ1) is 12.3. The Morgan fingerprint density at radius 1 is 1.00 bits per heavy atom. The average Bonchev–Trinajstić information content (AvgIpc) is 2.18. The van der Waals surface area contributed by atoms with E-state index in [2.05, 4.69) is 52.0 Å². The molecule has 0 atom stereocenters. The summed E-state index contributed by atoms with van der Waals surface area (Å²) in [5.74, 6) is 0.617. The van der Waals surface area contributed by atoms with Crippen molar-refractivity contribution in [2.45, 2.75) is 46.1 Å². The zero-order chi connectivity index (χ0) is 11.3. The first-order valence-electron chi connectivity index (χ1n) is 5.80. The van der Waals surface area contributed by atoms with Crippen LogP contribution >= 0.6 is 0 Å². The predicted molar refractivity (Wildman–Crippen MR) is 65.3 cm³/mol. The van der Waals surface area contributed by atoms with Crippen LogP contribution < -0.4 is 0 Å². The van der Waals surface area contributed by atoms with Gasteiger partial charge in [0.25, 0.3) is 0 Å². The molecule has 1 heteroatoms. The van der Waals surface area contributed by atoms with Crippen molar-refractivity contribution < 1.29 is 4.74 Å². The Kier molecular flexibility index (Phi) is 4.83. The number of hydrogen-bond donors (Lipinski definition) is 0. The Hall–Kier alpha value is -0.820. The molecule has 0 spiro atoms. The lowest BCUT2D eigenvalue weighted by Crippen LogP contribution is -2.06. The molecule has 1 nitrogen and oxygen atoms in total. The summed E-state index contributed by atoms with van der Waals surface area (Å²) in [5.41, 5.74) is 2.77. The zero-order valence-corrected chi connectivity index (χ0v) is 10.3. The van der Waals surface area contributed by atoms with E-state index in [-0.39, 0.29) is 0 Å². The molecule has 0 aromatic heterocycles. The molecule has 0 bridgehead atoms. The molecule has 1 aromatic carbocycles. The highest BCUT2D eigenvalue weighted by atomic mass is 16.5. The lowest BCUT2D eigenvalue weighted by molar-refractivity contribution is 0.0813. The molecule has 0 aliphatic heterocycles. The standard InChI is InChI=1S/C14H22O/c1-11(2)14-7-5-13(6-8-14)9-10-15-12(3)4/h5-8,11-12H,9-10H2,1-4H3. The van der Waals surface area contributed by atoms with E-state index in [9.17, 15) is 0 Å². The van der Waals surface area contributed by atoms with Gasteiger partial charge in [0.2, 0.25) is 0 Å². The molecule has 0 unspecified atom stereocenters. The quantitative estimate of drug-likeness (QED) is 0.712. The van der Waals surface area contributed by atoms with Gasteiger partial charge in [-0.25, -0.2) is 0 Å². The third-order valence-corrected chi connectivity index (χ3v) is 2.49. The van der Waals surface area contributed by atoms with Gasteiger partial charge in [-0.2, -0.15) is 0 Å². The highest BCUT2D eigenvalue weighted by molar-refractivity contribution is 5.24. The number of rotatable bonds is 5. The smallest absolute Gasteiger partial charge is 0.0519 e. The van der Waals surface area contributed by atoms with Crippen molar-refractivity contribution >= 4 is 0 Å². The minimum atomic E-state index is 0.333. The molecule has 1 aromatic rings. The van der Waals surface area contributed by atoms with E-state index >= 15 is 0 Å². The van der Waals surface area contributed by atoms with Crippen LogP contribution in [-0.4, -0.2) is 12.7 Å². The number of ether oxygens (including phenoxy) is 1. The molecule has 0 aliphatic rings. The Bertz CT molecular complexity index is 272. The fourth-order valence-corrected chi connectivity index (χ4v) is 1.48. The van der Waals surface area contributed by atoms with Gasteiger partial charge in [-0.1, -0.05) is 38.1 Å². The lowest BCUT2D eigenvalue weighted by Gasteiger charge is -2.09. The van der Waals surface area contributed by atoms with Crippen LogP contribution in [0.3, 0.4) is 0 Å². The molecular weight excluding hydrogens is 184 g/mol. The van der Waals surface area contributed by atoms with Gasteiger partial charge in [0.1, 0.15) is 0 Å². The van der Waals surface area contributed by atoms with Crippen LogP contribution in [0.5, 0.6) is 0 Å². The minimum absolute atomic E-state index is 0.333. The van der Waals surface area contributed by atoms with Crippen molar-refractivity contribution in [1.29, 1.82) is 0 Å². The van der Waals surface area contributed by atoms with E-state index in [1.807, 2.05) is 0 Å². The summed E-state index contributed by atoms with van der Waals surface area (Å²) in [7, 11) is 0. The normalized spacial score (nSPS) is 11.3. The fourth-order valence-electron chi connectivity index (χ4n) is 1.48. The first-order valence-corrected chi connectivity index (χ1v) is 5.80. The molecule has 0 heterocycles. The third kappa shape index (κ3) is 4.48. The molecule has 15 heavy (non-hydrogen) atoms. The third-order valence-electron chi connectivity index (χ3n) is 2.49. The van der Waals surface area contributed by atoms with Gasteiger partial charge < -0.3 is 4.74 Å². The Labute approximate surface area is 93.5 Å². The lowest BCUT2D eigenvalue weighted by atomic mass is 10.0. The summed E-state index contributed by atoms with van der Waals surface area (Å²) < 4.78 is 5.52. The maximum atomic E-state index is 5.52. The second-order valence-electron chi connectivity index (χ2n) is 4.57. The largest absolute Gasteiger partial charge is 0.378 e. The Morgan fingerprint density at radius 2 is 1.60 bits per heavy atom. The highest BCUT2D eigenvalue weighted by Crippen LogP contribution is 2.14. The summed E-state index contributed by atoms with van der Waals surface area (Å²) >= 11 is 0. The van der Waals surface area contributed by atoms with Crippen molar-refractivity contribution in [2.75, 3.05) is 6.61 Å². The topological polar surface area (TPSA) is 9.23 Å². The van der Waals surface area contributed by atoms with Gasteiger partial charge in [0.05, 0.1) is 12.7 Å². The first-order chi connectivity index (χ1) is 7.09. The summed E-state index contributed by atoms with van der Waals surface area (Å²) in [6, 6.07) is 8.85. The Morgan fingerprint density at radius 3 is 2.07 bits per heavy atom. The second-order valence-corrected chi connectivity index (χ2v) is 4.57. The van der Waals surface area contributed by atoms with Crippen LogP contribution in [-0.2, 0) is 11.2 Å². The molecule has 0 saturated carbocycles. The fraction of sp³-hybridized carbons (Fsp3) is 0.571. The van der Waals surface area contributed by atoms with E-state index in [1.54, 1.807) is 0 Å². The van der Waals surface area contributed by atoms with Crippen LogP contribution in [0.25, 0.3) is 0 Å². The van der Waals surface area contributed by atoms with E-state index in [0.29, 0.717) is 12.0 Å². The van der Waals surface area contributed by atoms with Gasteiger partial charge in [-0.05, 0) is 37.3 Å². The summed E-state index contributed by atoms with van der Waals surface area (Å²) in [6.07, 6.45) is 1.34. The molecule has 0 saturated heterocycles. The summed E-state index contributed by atoms with van der Waals surface area (Å²) in [5, 5.41) is 0. The summed E-state index contributed by atoms with van der Waals surface area (Å²) in [6.45, 7) is 9.40. The van der Waals surface area contributed by atoms with Crippen LogP contribution in [0, 0.1) is 0 Å². The van der Waals surface area contributed by atoms with Gasteiger partial charge in [0.15, 0.2) is 0 Å². The second kappa shape index (κ2) is 5.92. The van der Waals surface area contributed by atoms with Crippen LogP contribution in [0.1, 0.15) is 44.7 Å². The molecular formula is C14H22O. The van der Waals surface area contributed by atoms with Crippen molar-refractivity contribution in [3.63, 3.8) is 0 Å². The van der Waals surface area contributed by atoms with Crippen LogP contribution in [0.2, 0.25) is 0 Å². The van der Waals surface area contributed by atoms with Crippen LogP contribution in [0.4, 0.5) is 0 Å². The Balaban J connectivity index is 2.43. The van der Waals surface area contributed by atoms with Gasteiger partial charge in [-0.15, -0.1) is 0 Å². The molecule has 0 fully saturated rings. The van der Waals surface area contributed by atoms with Gasteiger partial charge >= 0.3 is 0 Å². The van der Waals surface area contributed by atoms with Crippen molar-refractivity contribution in [3.8, 4) is 0 Å². The monoisotopic (exact) mass is 206 g/mol. The molecule has 0 N–H and O–H groups in total.